The maximum Gasteiger partial charge on any atom is 0.259 e. The number of thioether (sulfide) groups is 1. The molecule has 1 saturated heterocycles. The average Bonchev–Trinajstić information content (AvgIpc) is 3.21. The van der Waals surface area contributed by atoms with Gasteiger partial charge in [-0.3, -0.25) is 9.59 Å². The van der Waals surface area contributed by atoms with Gasteiger partial charge >= 0.3 is 0 Å². The van der Waals surface area contributed by atoms with Crippen LogP contribution >= 0.6 is 11.8 Å². The molecule has 1 atom stereocenters. The van der Waals surface area contributed by atoms with Crippen LogP contribution < -0.4 is 5.32 Å². The van der Waals surface area contributed by atoms with Crippen molar-refractivity contribution in [3.63, 3.8) is 0 Å². The van der Waals surface area contributed by atoms with E-state index in [-0.39, 0.29) is 17.9 Å². The summed E-state index contributed by atoms with van der Waals surface area (Å²) in [7, 11) is 1.53. The highest BCUT2D eigenvalue weighted by molar-refractivity contribution is 7.98. The van der Waals surface area contributed by atoms with E-state index >= 15 is 0 Å². The summed E-state index contributed by atoms with van der Waals surface area (Å²) in [4.78, 5) is 26.9. The minimum atomic E-state index is -0.685. The first-order valence-corrected chi connectivity index (χ1v) is 11.2. The highest BCUT2D eigenvalue weighted by Crippen LogP contribution is 2.27. The molecule has 1 fully saturated rings. The highest BCUT2D eigenvalue weighted by atomic mass is 32.2. The van der Waals surface area contributed by atoms with E-state index < -0.39 is 6.10 Å². The quantitative estimate of drug-likeness (QED) is 0.716. The molecule has 1 N–H and O–H groups in total. The second kappa shape index (κ2) is 10.5. The number of amides is 2. The summed E-state index contributed by atoms with van der Waals surface area (Å²) in [5.41, 5.74) is 0.802. The Morgan fingerprint density at radius 2 is 1.97 bits per heavy atom. The van der Waals surface area contributed by atoms with Crippen molar-refractivity contribution in [1.29, 1.82) is 0 Å². The lowest BCUT2D eigenvalue weighted by molar-refractivity contribution is -0.132. The molecular formula is C21H28N4O3S. The minimum Gasteiger partial charge on any atom is -0.367 e. The largest absolute Gasteiger partial charge is 0.367 e. The van der Waals surface area contributed by atoms with Crippen molar-refractivity contribution in [2.24, 2.45) is 0 Å². The van der Waals surface area contributed by atoms with Crippen LogP contribution in [-0.4, -0.2) is 58.7 Å². The molecule has 1 aromatic carbocycles. The Labute approximate surface area is 175 Å². The Bertz CT molecular complexity index is 803. The van der Waals surface area contributed by atoms with Crippen molar-refractivity contribution in [3.8, 4) is 0 Å². The second-order valence-electron chi connectivity index (χ2n) is 7.03. The number of ether oxygens (including phenoxy) is 1. The predicted molar refractivity (Wildman–Crippen MR) is 115 cm³/mol. The fraction of sp³-hybridized carbons (Fsp3) is 0.476. The normalized spacial score (nSPS) is 15.9. The molecule has 2 amide bonds. The Kier molecular flexibility index (Phi) is 7.71. The first kappa shape index (κ1) is 21.4. The summed E-state index contributed by atoms with van der Waals surface area (Å²) in [5, 5.41) is 7.38. The van der Waals surface area contributed by atoms with Crippen molar-refractivity contribution in [2.45, 2.75) is 31.4 Å². The van der Waals surface area contributed by atoms with E-state index in [1.165, 1.54) is 7.11 Å². The smallest absolute Gasteiger partial charge is 0.259 e. The first-order valence-electron chi connectivity index (χ1n) is 9.83. The van der Waals surface area contributed by atoms with Crippen LogP contribution in [0.3, 0.4) is 0 Å². The second-order valence-corrected chi connectivity index (χ2v) is 8.02. The molecule has 0 spiro atoms. The molecule has 8 heteroatoms. The Morgan fingerprint density at radius 3 is 2.62 bits per heavy atom. The van der Waals surface area contributed by atoms with Crippen molar-refractivity contribution in [2.75, 3.05) is 37.5 Å². The molecule has 1 aliphatic rings. The maximum atomic E-state index is 12.8. The van der Waals surface area contributed by atoms with Gasteiger partial charge in [-0.2, -0.15) is 16.9 Å². The SMILES string of the molecule is COC(C(=O)Nc1ccnn1C1CCN(C(=O)CCSC)CC1)c1ccccc1. The van der Waals surface area contributed by atoms with E-state index in [1.807, 2.05) is 46.2 Å². The number of methoxy groups -OCH3 is 1. The van der Waals surface area contributed by atoms with Gasteiger partial charge in [-0.1, -0.05) is 30.3 Å². The Balaban J connectivity index is 1.61. The van der Waals surface area contributed by atoms with E-state index in [0.29, 0.717) is 12.2 Å². The van der Waals surface area contributed by atoms with Gasteiger partial charge in [-0.15, -0.1) is 0 Å². The molecule has 2 aromatic rings. The molecule has 3 rings (SSSR count). The zero-order valence-electron chi connectivity index (χ0n) is 16.9. The number of piperidine rings is 1. The van der Waals surface area contributed by atoms with Gasteiger partial charge in [0.2, 0.25) is 5.91 Å². The number of likely N-dealkylation sites (tertiary alicyclic amines) is 1. The summed E-state index contributed by atoms with van der Waals surface area (Å²) in [6.45, 7) is 1.44. The molecule has 1 unspecified atom stereocenters. The van der Waals surface area contributed by atoms with Gasteiger partial charge in [0.25, 0.3) is 5.91 Å². The predicted octanol–water partition coefficient (Wildman–Crippen LogP) is 3.13. The molecule has 0 radical (unpaired) electrons. The molecule has 29 heavy (non-hydrogen) atoms. The number of hydrogen-bond acceptors (Lipinski definition) is 5. The summed E-state index contributed by atoms with van der Waals surface area (Å²) in [6, 6.07) is 11.4. The molecule has 2 heterocycles. The third-order valence-electron chi connectivity index (χ3n) is 5.18. The van der Waals surface area contributed by atoms with E-state index in [2.05, 4.69) is 10.4 Å². The lowest BCUT2D eigenvalue weighted by Gasteiger charge is -2.33. The van der Waals surface area contributed by atoms with E-state index in [1.54, 1.807) is 24.0 Å². The number of aromatic nitrogens is 2. The van der Waals surface area contributed by atoms with Crippen LogP contribution in [0.2, 0.25) is 0 Å². The number of rotatable bonds is 8. The lowest BCUT2D eigenvalue weighted by Crippen LogP contribution is -2.39. The van der Waals surface area contributed by atoms with Crippen LogP contribution in [-0.2, 0) is 14.3 Å². The zero-order chi connectivity index (χ0) is 20.6. The van der Waals surface area contributed by atoms with Crippen LogP contribution in [0.1, 0.15) is 37.0 Å². The summed E-state index contributed by atoms with van der Waals surface area (Å²) >= 11 is 1.69. The number of carbonyl (C=O) groups excluding carboxylic acids is 2. The van der Waals surface area contributed by atoms with Gasteiger partial charge in [-0.05, 0) is 24.7 Å². The number of nitrogens with one attached hydrogen (secondary N) is 1. The standard InChI is InChI=1S/C21H28N4O3S/c1-28-20(16-6-4-3-5-7-16)21(27)23-18-8-12-22-25(18)17-9-13-24(14-10-17)19(26)11-15-29-2/h3-8,12,17,20H,9-11,13-15H2,1-2H3,(H,23,27). The maximum absolute atomic E-state index is 12.8. The van der Waals surface area contributed by atoms with Crippen molar-refractivity contribution >= 4 is 29.4 Å². The molecule has 0 saturated carbocycles. The van der Waals surface area contributed by atoms with Crippen LogP contribution in [0, 0.1) is 0 Å². The van der Waals surface area contributed by atoms with Gasteiger partial charge < -0.3 is 15.0 Å². The number of nitrogens with zero attached hydrogens (tertiary/aromatic N) is 3. The van der Waals surface area contributed by atoms with Crippen molar-refractivity contribution < 1.29 is 14.3 Å². The summed E-state index contributed by atoms with van der Waals surface area (Å²) < 4.78 is 7.28. The van der Waals surface area contributed by atoms with Gasteiger partial charge in [0.15, 0.2) is 6.10 Å². The van der Waals surface area contributed by atoms with Crippen LogP contribution in [0.25, 0.3) is 0 Å². The van der Waals surface area contributed by atoms with Crippen molar-refractivity contribution in [1.82, 2.24) is 14.7 Å². The molecule has 0 bridgehead atoms. The molecule has 7 nitrogen and oxygen atoms in total. The van der Waals surface area contributed by atoms with Gasteiger partial charge in [0, 0.05) is 38.4 Å². The van der Waals surface area contributed by atoms with Crippen molar-refractivity contribution in [3.05, 3.63) is 48.2 Å². The van der Waals surface area contributed by atoms with Crippen LogP contribution in [0.4, 0.5) is 5.82 Å². The fourth-order valence-corrected chi connectivity index (χ4v) is 4.00. The zero-order valence-corrected chi connectivity index (χ0v) is 17.7. The molecule has 156 valence electrons. The molecule has 1 aromatic heterocycles. The average molecular weight is 417 g/mol. The van der Waals surface area contributed by atoms with Gasteiger partial charge in [0.05, 0.1) is 12.2 Å². The minimum absolute atomic E-state index is 0.155. The number of anilines is 1. The third-order valence-corrected chi connectivity index (χ3v) is 5.79. The Morgan fingerprint density at radius 1 is 1.24 bits per heavy atom. The highest BCUT2D eigenvalue weighted by Gasteiger charge is 2.27. The topological polar surface area (TPSA) is 76.5 Å². The van der Waals surface area contributed by atoms with Gasteiger partial charge in [-0.25, -0.2) is 4.68 Å². The monoisotopic (exact) mass is 416 g/mol. The van der Waals surface area contributed by atoms with E-state index in [9.17, 15) is 9.59 Å². The van der Waals surface area contributed by atoms with Crippen LogP contribution in [0.15, 0.2) is 42.6 Å². The fourth-order valence-electron chi connectivity index (χ4n) is 3.63. The van der Waals surface area contributed by atoms with Gasteiger partial charge in [0.1, 0.15) is 5.82 Å². The number of benzene rings is 1. The molecule has 0 aliphatic carbocycles. The number of hydrogen-bond donors (Lipinski definition) is 1. The molecular weight excluding hydrogens is 388 g/mol. The number of carbonyl (C=O) groups is 2. The summed E-state index contributed by atoms with van der Waals surface area (Å²) in [5.74, 6) is 1.50. The first-order chi connectivity index (χ1) is 14.1. The van der Waals surface area contributed by atoms with Crippen LogP contribution in [0.5, 0.6) is 0 Å². The third kappa shape index (κ3) is 5.39. The lowest BCUT2D eigenvalue weighted by atomic mass is 10.0. The Hall–Kier alpha value is -2.32. The molecule has 1 aliphatic heterocycles. The van der Waals surface area contributed by atoms with E-state index in [0.717, 1.165) is 37.2 Å². The summed E-state index contributed by atoms with van der Waals surface area (Å²) in [6.07, 6.45) is 5.25. The van der Waals surface area contributed by atoms with E-state index in [4.69, 9.17) is 4.74 Å².